The molecule has 0 amide bonds. The maximum Gasteiger partial charge on any atom is 0.0822 e. The van der Waals surface area contributed by atoms with Gasteiger partial charge in [0.25, 0.3) is 0 Å². The molecule has 0 aromatic rings. The zero-order chi connectivity index (χ0) is 11.7. The minimum atomic E-state index is -0.0309. The van der Waals surface area contributed by atoms with E-state index in [1.165, 1.54) is 5.57 Å². The first-order chi connectivity index (χ1) is 6.77. The highest BCUT2D eigenvalue weighted by molar-refractivity contribution is 5.22. The third kappa shape index (κ3) is 2.97. The van der Waals surface area contributed by atoms with E-state index < -0.39 is 0 Å². The fraction of sp³-hybridized carbons (Fsp3) is 0.846. The van der Waals surface area contributed by atoms with Crippen molar-refractivity contribution in [2.75, 3.05) is 13.7 Å². The molecule has 0 radical (unpaired) electrons. The largest absolute Gasteiger partial charge is 0.504 e. The minimum absolute atomic E-state index is 0.0309. The molecule has 0 heterocycles. The summed E-state index contributed by atoms with van der Waals surface area (Å²) in [6.45, 7) is 11.7. The molecule has 15 heavy (non-hydrogen) atoms. The van der Waals surface area contributed by atoms with Gasteiger partial charge in [-0.05, 0) is 44.1 Å². The molecule has 1 unspecified atom stereocenters. The van der Waals surface area contributed by atoms with Crippen LogP contribution in [0.2, 0.25) is 0 Å². The van der Waals surface area contributed by atoms with Crippen LogP contribution in [0, 0.1) is 11.3 Å². The lowest BCUT2D eigenvalue weighted by molar-refractivity contribution is -0.0556. The van der Waals surface area contributed by atoms with Gasteiger partial charge in [-0.2, -0.15) is 0 Å². The van der Waals surface area contributed by atoms with Crippen molar-refractivity contribution in [1.29, 1.82) is 0 Å². The highest BCUT2D eigenvalue weighted by atomic mass is 16.5. The molecule has 0 aliphatic heterocycles. The summed E-state index contributed by atoms with van der Waals surface area (Å²) in [6, 6.07) is 0. The van der Waals surface area contributed by atoms with E-state index in [0.717, 1.165) is 13.0 Å². The van der Waals surface area contributed by atoms with Crippen LogP contribution in [0.15, 0.2) is 11.8 Å². The molecule has 2 nitrogen and oxygen atoms in total. The molecule has 1 fully saturated rings. The van der Waals surface area contributed by atoms with E-state index in [2.05, 4.69) is 34.6 Å². The van der Waals surface area contributed by atoms with Gasteiger partial charge in [0.2, 0.25) is 0 Å². The Labute approximate surface area is 93.7 Å². The molecule has 0 aromatic heterocycles. The van der Waals surface area contributed by atoms with Crippen molar-refractivity contribution >= 4 is 0 Å². The van der Waals surface area contributed by atoms with Crippen molar-refractivity contribution < 1.29 is 9.47 Å². The SMILES string of the molecule is COC=C1CC(COC(C)(C)C)C1(C)C. The molecule has 88 valence electrons. The van der Waals surface area contributed by atoms with Crippen LogP contribution in [0.1, 0.15) is 41.0 Å². The lowest BCUT2D eigenvalue weighted by Gasteiger charge is -2.47. The van der Waals surface area contributed by atoms with Crippen LogP contribution in [-0.2, 0) is 9.47 Å². The molecule has 1 atom stereocenters. The highest BCUT2D eigenvalue weighted by Crippen LogP contribution is 2.51. The van der Waals surface area contributed by atoms with Crippen LogP contribution in [0.5, 0.6) is 0 Å². The van der Waals surface area contributed by atoms with E-state index in [1.807, 2.05) is 6.26 Å². The van der Waals surface area contributed by atoms with E-state index in [-0.39, 0.29) is 11.0 Å². The summed E-state index contributed by atoms with van der Waals surface area (Å²) in [4.78, 5) is 0. The Morgan fingerprint density at radius 3 is 2.40 bits per heavy atom. The lowest BCUT2D eigenvalue weighted by atomic mass is 9.59. The van der Waals surface area contributed by atoms with Crippen molar-refractivity contribution in [2.24, 2.45) is 11.3 Å². The van der Waals surface area contributed by atoms with E-state index in [0.29, 0.717) is 5.92 Å². The van der Waals surface area contributed by atoms with Crippen molar-refractivity contribution in [3.05, 3.63) is 11.8 Å². The smallest absolute Gasteiger partial charge is 0.0822 e. The topological polar surface area (TPSA) is 18.5 Å². The zero-order valence-electron chi connectivity index (χ0n) is 10.9. The molecule has 2 heteroatoms. The molecular weight excluding hydrogens is 188 g/mol. The van der Waals surface area contributed by atoms with Gasteiger partial charge in [-0.15, -0.1) is 0 Å². The van der Waals surface area contributed by atoms with E-state index in [9.17, 15) is 0 Å². The van der Waals surface area contributed by atoms with Crippen LogP contribution < -0.4 is 0 Å². The summed E-state index contributed by atoms with van der Waals surface area (Å²) in [6.07, 6.45) is 2.99. The van der Waals surface area contributed by atoms with Crippen LogP contribution >= 0.6 is 0 Å². The molecular formula is C13H24O2. The Bertz CT molecular complexity index is 246. The second-order valence-corrected chi connectivity index (χ2v) is 5.92. The molecule has 1 saturated carbocycles. The van der Waals surface area contributed by atoms with Crippen LogP contribution in [0.4, 0.5) is 0 Å². The van der Waals surface area contributed by atoms with Gasteiger partial charge in [0.15, 0.2) is 0 Å². The van der Waals surface area contributed by atoms with Crippen LogP contribution in [0.25, 0.3) is 0 Å². The molecule has 1 rings (SSSR count). The van der Waals surface area contributed by atoms with Crippen molar-refractivity contribution in [3.63, 3.8) is 0 Å². The Kier molecular flexibility index (Phi) is 3.49. The summed E-state index contributed by atoms with van der Waals surface area (Å²) >= 11 is 0. The molecule has 1 aliphatic carbocycles. The van der Waals surface area contributed by atoms with Gasteiger partial charge in [-0.3, -0.25) is 0 Å². The van der Waals surface area contributed by atoms with Gasteiger partial charge in [0, 0.05) is 0 Å². The van der Waals surface area contributed by atoms with Gasteiger partial charge in [0.1, 0.15) is 0 Å². The van der Waals surface area contributed by atoms with Crippen LogP contribution in [0.3, 0.4) is 0 Å². The van der Waals surface area contributed by atoms with Crippen LogP contribution in [-0.4, -0.2) is 19.3 Å². The van der Waals surface area contributed by atoms with Gasteiger partial charge in [0.05, 0.1) is 25.6 Å². The first-order valence-electron chi connectivity index (χ1n) is 5.63. The van der Waals surface area contributed by atoms with Crippen molar-refractivity contribution in [2.45, 2.75) is 46.6 Å². The maximum absolute atomic E-state index is 5.83. The number of methoxy groups -OCH3 is 1. The zero-order valence-corrected chi connectivity index (χ0v) is 10.9. The molecule has 1 aliphatic rings. The predicted molar refractivity (Wildman–Crippen MR) is 62.7 cm³/mol. The normalized spacial score (nSPS) is 27.6. The fourth-order valence-corrected chi connectivity index (χ4v) is 1.87. The first-order valence-corrected chi connectivity index (χ1v) is 5.63. The van der Waals surface area contributed by atoms with Gasteiger partial charge in [-0.25, -0.2) is 0 Å². The quantitative estimate of drug-likeness (QED) is 0.668. The van der Waals surface area contributed by atoms with Gasteiger partial charge < -0.3 is 9.47 Å². The van der Waals surface area contributed by atoms with E-state index >= 15 is 0 Å². The summed E-state index contributed by atoms with van der Waals surface area (Å²) in [5.41, 5.74) is 1.60. The minimum Gasteiger partial charge on any atom is -0.504 e. The number of hydrogen-bond donors (Lipinski definition) is 0. The standard InChI is InChI=1S/C13H24O2/c1-12(2,3)15-9-11-7-10(8-14-6)13(11,4)5/h8,11H,7,9H2,1-6H3. The number of hydrogen-bond acceptors (Lipinski definition) is 2. The Morgan fingerprint density at radius 1 is 1.40 bits per heavy atom. The summed E-state index contributed by atoms with van der Waals surface area (Å²) in [7, 11) is 1.71. The Morgan fingerprint density at radius 2 is 2.00 bits per heavy atom. The Hall–Kier alpha value is -0.500. The summed E-state index contributed by atoms with van der Waals surface area (Å²) < 4.78 is 10.9. The number of allylic oxidation sites excluding steroid dienone is 1. The highest BCUT2D eigenvalue weighted by Gasteiger charge is 2.44. The van der Waals surface area contributed by atoms with Gasteiger partial charge in [-0.1, -0.05) is 13.8 Å². The van der Waals surface area contributed by atoms with E-state index in [4.69, 9.17) is 9.47 Å². The first kappa shape index (κ1) is 12.6. The molecule has 0 spiro atoms. The second-order valence-electron chi connectivity index (χ2n) is 5.92. The molecule has 0 N–H and O–H groups in total. The Balaban J connectivity index is 2.46. The third-order valence-corrected chi connectivity index (χ3v) is 3.29. The molecule has 0 bridgehead atoms. The number of ether oxygens (including phenoxy) is 2. The molecule has 0 aromatic carbocycles. The molecule has 0 saturated heterocycles. The summed E-state index contributed by atoms with van der Waals surface area (Å²) in [5.74, 6) is 0.623. The maximum atomic E-state index is 5.83. The lowest BCUT2D eigenvalue weighted by Crippen LogP contribution is -2.42. The third-order valence-electron chi connectivity index (χ3n) is 3.29. The van der Waals surface area contributed by atoms with Gasteiger partial charge >= 0.3 is 0 Å². The fourth-order valence-electron chi connectivity index (χ4n) is 1.87. The second kappa shape index (κ2) is 4.17. The van der Waals surface area contributed by atoms with Crippen molar-refractivity contribution in [3.8, 4) is 0 Å². The monoisotopic (exact) mass is 212 g/mol. The average molecular weight is 212 g/mol. The van der Waals surface area contributed by atoms with E-state index in [1.54, 1.807) is 7.11 Å². The average Bonchev–Trinajstić information content (AvgIpc) is 2.08. The van der Waals surface area contributed by atoms with Crippen molar-refractivity contribution in [1.82, 2.24) is 0 Å². The summed E-state index contributed by atoms with van der Waals surface area (Å²) in [5, 5.41) is 0. The predicted octanol–water partition coefficient (Wildman–Crippen LogP) is 3.38. The number of rotatable bonds is 3.